The topological polar surface area (TPSA) is 60.0 Å². The number of hydrogen-bond acceptors (Lipinski definition) is 2. The predicted molar refractivity (Wildman–Crippen MR) is 71.4 cm³/mol. The zero-order valence-corrected chi connectivity index (χ0v) is 11.0. The smallest absolute Gasteiger partial charge is 0.265 e. The minimum Gasteiger partial charge on any atom is -0.331 e. The normalized spacial score (nSPS) is 10.6. The van der Waals surface area contributed by atoms with Gasteiger partial charge in [-0.2, -0.15) is 0 Å². The molecule has 1 unspecified atom stereocenters. The highest BCUT2D eigenvalue weighted by atomic mass is 127. The summed E-state index contributed by atoms with van der Waals surface area (Å²) in [6.07, 6.45) is 1.99. The second-order valence-corrected chi connectivity index (χ2v) is 4.81. The van der Waals surface area contributed by atoms with Crippen LogP contribution in [-0.2, 0) is 0 Å². The molecule has 0 aliphatic rings. The number of aromatic nitrogens is 1. The fourth-order valence-corrected chi connectivity index (χ4v) is 2.85. The fraction of sp³-hybridized carbons (Fsp3) is 0. The molecule has 1 aromatic carbocycles. The number of carbonyl (C=O) groups is 1. The van der Waals surface area contributed by atoms with Gasteiger partial charge in [-0.25, -0.2) is 5.84 Å². The van der Waals surface area contributed by atoms with Crippen LogP contribution in [0.25, 0.3) is 10.9 Å². The first-order valence-electron chi connectivity index (χ1n) is 4.20. The van der Waals surface area contributed by atoms with Gasteiger partial charge in [-0.05, 0) is 50.2 Å². The second-order valence-electron chi connectivity index (χ2n) is 3.09. The highest BCUT2D eigenvalue weighted by molar-refractivity contribution is 14.1. The molecule has 0 fully saturated rings. The van der Waals surface area contributed by atoms with E-state index >= 15 is 0 Å². The molecule has 0 aliphatic carbocycles. The second kappa shape index (κ2) is 4.08. The van der Waals surface area contributed by atoms with Crippen LogP contribution < -0.4 is 11.3 Å². The third kappa shape index (κ3) is 1.87. The summed E-state index contributed by atoms with van der Waals surface area (Å²) in [4.78, 5) is 11.3. The molecule has 0 bridgehead atoms. The number of hydrazine groups is 1. The highest BCUT2D eigenvalue weighted by Gasteiger charge is 2.08. The number of fused-ring (bicyclic) bond motifs is 1. The summed E-state index contributed by atoms with van der Waals surface area (Å²) in [6, 6.07) is 5.48. The Labute approximate surface area is 103 Å². The number of nitrogens with one attached hydrogen (secondary N) is 1. The average molecular weight is 333 g/mol. The van der Waals surface area contributed by atoms with Crippen LogP contribution in [0.4, 0.5) is 0 Å². The Morgan fingerprint density at radius 1 is 1.53 bits per heavy atom. The van der Waals surface area contributed by atoms with Gasteiger partial charge in [0.05, 0.1) is 5.52 Å². The van der Waals surface area contributed by atoms with E-state index in [1.54, 1.807) is 6.07 Å². The quantitative estimate of drug-likeness (QED) is 0.273. The molecule has 1 atom stereocenters. The Balaban J connectivity index is 2.65. The van der Waals surface area contributed by atoms with Crippen molar-refractivity contribution in [2.24, 2.45) is 5.84 Å². The van der Waals surface area contributed by atoms with E-state index in [1.807, 2.05) is 22.7 Å². The summed E-state index contributed by atoms with van der Waals surface area (Å²) < 4.78 is 3.05. The lowest BCUT2D eigenvalue weighted by molar-refractivity contribution is 0.0954. The molecule has 0 radical (unpaired) electrons. The number of benzene rings is 1. The molecular formula is C9H9IN3OP. The Kier molecular flexibility index (Phi) is 2.95. The molecular weight excluding hydrogens is 324 g/mol. The van der Waals surface area contributed by atoms with Gasteiger partial charge in [-0.3, -0.25) is 10.2 Å². The molecule has 1 aromatic heterocycles. The maximum Gasteiger partial charge on any atom is 0.265 e. The van der Waals surface area contributed by atoms with E-state index in [4.69, 9.17) is 5.84 Å². The van der Waals surface area contributed by atoms with Crippen LogP contribution in [0.2, 0.25) is 0 Å². The first kappa shape index (κ1) is 10.9. The van der Waals surface area contributed by atoms with Crippen molar-refractivity contribution in [3.63, 3.8) is 0 Å². The van der Waals surface area contributed by atoms with Gasteiger partial charge < -0.3 is 4.34 Å². The van der Waals surface area contributed by atoms with Crippen LogP contribution in [0.3, 0.4) is 0 Å². The molecule has 78 valence electrons. The summed E-state index contributed by atoms with van der Waals surface area (Å²) in [5.41, 5.74) is 3.76. The summed E-state index contributed by atoms with van der Waals surface area (Å²) in [5.74, 6) is 4.81. The van der Waals surface area contributed by atoms with E-state index in [1.165, 1.54) is 0 Å². The van der Waals surface area contributed by atoms with Crippen molar-refractivity contribution in [3.05, 3.63) is 33.5 Å². The van der Waals surface area contributed by atoms with E-state index in [0.717, 1.165) is 14.5 Å². The fourth-order valence-electron chi connectivity index (χ4n) is 1.44. The Morgan fingerprint density at radius 2 is 2.27 bits per heavy atom. The molecule has 15 heavy (non-hydrogen) atoms. The molecule has 4 nitrogen and oxygen atoms in total. The first-order chi connectivity index (χ1) is 7.13. The summed E-state index contributed by atoms with van der Waals surface area (Å²) in [5, 5.41) is 1.05. The van der Waals surface area contributed by atoms with E-state index in [9.17, 15) is 4.79 Å². The number of amides is 1. The molecule has 2 rings (SSSR count). The van der Waals surface area contributed by atoms with Gasteiger partial charge >= 0.3 is 0 Å². The number of nitrogen functional groups attached to an aromatic ring is 1. The van der Waals surface area contributed by atoms with Crippen molar-refractivity contribution < 1.29 is 4.79 Å². The molecule has 1 amide bonds. The number of hydrogen-bond donors (Lipinski definition) is 2. The van der Waals surface area contributed by atoms with Gasteiger partial charge in [0.15, 0.2) is 0 Å². The minimum absolute atomic E-state index is 0.274. The molecule has 2 aromatic rings. The van der Waals surface area contributed by atoms with E-state index in [-0.39, 0.29) is 5.91 Å². The number of nitrogens with two attached hydrogens (primary N) is 1. The number of carbonyl (C=O) groups excluding carboxylic acids is 1. The van der Waals surface area contributed by atoms with Crippen molar-refractivity contribution in [3.8, 4) is 0 Å². The lowest BCUT2D eigenvalue weighted by atomic mass is 10.1. The zero-order chi connectivity index (χ0) is 11.0. The molecule has 3 N–H and O–H groups in total. The van der Waals surface area contributed by atoms with Crippen LogP contribution in [0.5, 0.6) is 0 Å². The third-order valence-corrected chi connectivity index (χ3v) is 3.46. The predicted octanol–water partition coefficient (Wildman–Crippen LogP) is 1.49. The van der Waals surface area contributed by atoms with E-state index in [0.29, 0.717) is 5.56 Å². The Morgan fingerprint density at radius 3 is 2.93 bits per heavy atom. The van der Waals surface area contributed by atoms with Crippen molar-refractivity contribution in [2.75, 3.05) is 0 Å². The molecule has 1 heterocycles. The number of halogens is 1. The lowest BCUT2D eigenvalue weighted by Gasteiger charge is -2.00. The van der Waals surface area contributed by atoms with Gasteiger partial charge in [0, 0.05) is 20.7 Å². The van der Waals surface area contributed by atoms with Gasteiger partial charge in [0.1, 0.15) is 0 Å². The van der Waals surface area contributed by atoms with E-state index < -0.39 is 0 Å². The minimum atomic E-state index is -0.274. The summed E-state index contributed by atoms with van der Waals surface area (Å²) >= 11 is 2.23. The van der Waals surface area contributed by atoms with Crippen LogP contribution in [0.1, 0.15) is 10.4 Å². The standard InChI is InChI=1S/C9H9IN3OP/c10-7-4-13(15)8-2-1-5(3-6(7)8)9(14)12-11/h1-4H,11,15H2,(H,12,14). The summed E-state index contributed by atoms with van der Waals surface area (Å²) in [6.45, 7) is 0. The molecule has 0 saturated carbocycles. The molecule has 6 heteroatoms. The molecule has 0 aliphatic heterocycles. The monoisotopic (exact) mass is 333 g/mol. The van der Waals surface area contributed by atoms with Crippen LogP contribution in [0.15, 0.2) is 24.4 Å². The van der Waals surface area contributed by atoms with Gasteiger partial charge in [-0.15, -0.1) is 0 Å². The Hall–Kier alpha value is -0.650. The van der Waals surface area contributed by atoms with E-state index in [2.05, 4.69) is 37.4 Å². The SMILES string of the molecule is NNC(=O)c1ccc2c(c1)c(I)cn2P. The maximum atomic E-state index is 11.3. The number of nitrogens with zero attached hydrogens (tertiary/aromatic N) is 1. The van der Waals surface area contributed by atoms with Crippen molar-refractivity contribution >= 4 is 48.8 Å². The maximum absolute atomic E-state index is 11.3. The van der Waals surface area contributed by atoms with Crippen LogP contribution in [-0.4, -0.2) is 10.2 Å². The third-order valence-electron chi connectivity index (χ3n) is 2.18. The first-order valence-corrected chi connectivity index (χ1v) is 5.79. The zero-order valence-electron chi connectivity index (χ0n) is 7.70. The van der Waals surface area contributed by atoms with Crippen molar-refractivity contribution in [1.29, 1.82) is 0 Å². The summed E-state index contributed by atoms with van der Waals surface area (Å²) in [7, 11) is 2.60. The molecule has 0 saturated heterocycles. The van der Waals surface area contributed by atoms with Gasteiger partial charge in [0.2, 0.25) is 0 Å². The highest BCUT2D eigenvalue weighted by Crippen LogP contribution is 2.25. The Bertz CT molecular complexity index is 537. The van der Waals surface area contributed by atoms with Crippen LogP contribution in [0, 0.1) is 3.57 Å². The number of rotatable bonds is 1. The largest absolute Gasteiger partial charge is 0.331 e. The van der Waals surface area contributed by atoms with Gasteiger partial charge in [-0.1, -0.05) is 0 Å². The van der Waals surface area contributed by atoms with Crippen molar-refractivity contribution in [2.45, 2.75) is 0 Å². The average Bonchev–Trinajstić information content (AvgIpc) is 2.53. The lowest BCUT2D eigenvalue weighted by Crippen LogP contribution is -2.29. The van der Waals surface area contributed by atoms with Crippen molar-refractivity contribution in [1.82, 2.24) is 9.76 Å². The van der Waals surface area contributed by atoms with Crippen LogP contribution >= 0.6 is 32.0 Å². The van der Waals surface area contributed by atoms with Gasteiger partial charge in [0.25, 0.3) is 5.91 Å². The molecule has 0 spiro atoms.